The zero-order valence-electron chi connectivity index (χ0n) is 20.3. The van der Waals surface area contributed by atoms with E-state index in [4.69, 9.17) is 18.9 Å². The van der Waals surface area contributed by atoms with Crippen molar-refractivity contribution >= 4 is 23.9 Å². The Hall–Kier alpha value is -3.16. The molecule has 4 aliphatic carbocycles. The van der Waals surface area contributed by atoms with Crippen LogP contribution in [0.15, 0.2) is 48.6 Å². The van der Waals surface area contributed by atoms with Crippen LogP contribution in [0.1, 0.15) is 66.2 Å². The molecule has 4 aliphatic rings. The molecule has 0 aromatic carbocycles. The highest BCUT2D eigenvalue weighted by atomic mass is 16.6. The average molecular weight is 473 g/mol. The standard InChI is InChI=1S/C26H32O8/c1-15(2)19(27)31-23-9-24(32-20(28)16(3)4)12-25(10-23,33-21(29)17(5)6)14-26(11-23,13-24)34-22(30)18(7)8/h1,3,5,7,9-14H2,2,4,6,8H3. The van der Waals surface area contributed by atoms with Crippen LogP contribution in [0.25, 0.3) is 0 Å². The number of carbonyl (C=O) groups is 4. The topological polar surface area (TPSA) is 105 Å². The van der Waals surface area contributed by atoms with E-state index in [9.17, 15) is 19.2 Å². The first-order valence-corrected chi connectivity index (χ1v) is 11.1. The van der Waals surface area contributed by atoms with Gasteiger partial charge in [0.25, 0.3) is 0 Å². The van der Waals surface area contributed by atoms with Crippen molar-refractivity contribution in [3.63, 3.8) is 0 Å². The fourth-order valence-corrected chi connectivity index (χ4v) is 5.84. The molecule has 0 N–H and O–H groups in total. The summed E-state index contributed by atoms with van der Waals surface area (Å²) in [7, 11) is 0. The molecule has 4 fully saturated rings. The summed E-state index contributed by atoms with van der Waals surface area (Å²) in [6, 6.07) is 0. The summed E-state index contributed by atoms with van der Waals surface area (Å²) in [6.45, 7) is 20.7. The Bertz CT molecular complexity index is 832. The third-order valence-corrected chi connectivity index (χ3v) is 6.50. The van der Waals surface area contributed by atoms with Crippen LogP contribution in [0.5, 0.6) is 0 Å². The van der Waals surface area contributed by atoms with Gasteiger partial charge in [0.15, 0.2) is 0 Å². The SMILES string of the molecule is C=C(C)C(=O)OC12CC3(OC(=O)C(=C)C)CC(OC(=O)C(=C)C)(C1)CC(OC(=O)C(=C)C)(C2)C3. The molecule has 0 radical (unpaired) electrons. The molecule has 0 spiro atoms. The lowest BCUT2D eigenvalue weighted by molar-refractivity contribution is -0.306. The van der Waals surface area contributed by atoms with Gasteiger partial charge >= 0.3 is 23.9 Å². The van der Waals surface area contributed by atoms with E-state index in [1.54, 1.807) is 0 Å². The minimum absolute atomic E-state index is 0.163. The quantitative estimate of drug-likeness (QED) is 0.298. The first-order chi connectivity index (χ1) is 15.6. The second kappa shape index (κ2) is 8.25. The van der Waals surface area contributed by atoms with E-state index in [0.29, 0.717) is 0 Å². The molecule has 0 heterocycles. The lowest BCUT2D eigenvalue weighted by atomic mass is 9.48. The van der Waals surface area contributed by atoms with Crippen molar-refractivity contribution in [3.8, 4) is 0 Å². The van der Waals surface area contributed by atoms with E-state index in [1.165, 1.54) is 27.7 Å². The van der Waals surface area contributed by atoms with Crippen LogP contribution in [0, 0.1) is 0 Å². The molecule has 0 amide bonds. The zero-order chi connectivity index (χ0) is 25.7. The maximum Gasteiger partial charge on any atom is 0.333 e. The summed E-state index contributed by atoms with van der Waals surface area (Å²) in [4.78, 5) is 50.6. The van der Waals surface area contributed by atoms with Gasteiger partial charge in [-0.3, -0.25) is 0 Å². The molecule has 8 nitrogen and oxygen atoms in total. The number of hydrogen-bond donors (Lipinski definition) is 0. The molecule has 0 unspecified atom stereocenters. The molecule has 4 rings (SSSR count). The molecule has 4 bridgehead atoms. The van der Waals surface area contributed by atoms with Crippen molar-refractivity contribution in [2.24, 2.45) is 0 Å². The normalized spacial score (nSPS) is 32.8. The van der Waals surface area contributed by atoms with Crippen molar-refractivity contribution in [2.45, 2.75) is 88.6 Å². The predicted molar refractivity (Wildman–Crippen MR) is 122 cm³/mol. The molecule has 0 aromatic heterocycles. The summed E-state index contributed by atoms with van der Waals surface area (Å²) in [6.07, 6.45) is 0.981. The highest BCUT2D eigenvalue weighted by molar-refractivity contribution is 5.89. The largest absolute Gasteiger partial charge is 0.455 e. The Kier molecular flexibility index (Phi) is 6.18. The Morgan fingerprint density at radius 2 is 0.588 bits per heavy atom. The summed E-state index contributed by atoms with van der Waals surface area (Å²) >= 11 is 0. The van der Waals surface area contributed by atoms with Crippen molar-refractivity contribution in [3.05, 3.63) is 48.6 Å². The summed E-state index contributed by atoms with van der Waals surface area (Å²) < 4.78 is 23.7. The van der Waals surface area contributed by atoms with Crippen LogP contribution in [0.3, 0.4) is 0 Å². The number of hydrogen-bond acceptors (Lipinski definition) is 8. The van der Waals surface area contributed by atoms with Gasteiger partial charge in [0.1, 0.15) is 22.4 Å². The third kappa shape index (κ3) is 4.72. The number of esters is 4. The van der Waals surface area contributed by atoms with Gasteiger partial charge in [0.05, 0.1) is 0 Å². The van der Waals surface area contributed by atoms with Gasteiger partial charge in [-0.25, -0.2) is 19.2 Å². The van der Waals surface area contributed by atoms with Crippen molar-refractivity contribution in [2.75, 3.05) is 0 Å². The van der Waals surface area contributed by atoms with Crippen LogP contribution >= 0.6 is 0 Å². The molecule has 8 heteroatoms. The molecule has 0 aromatic rings. The monoisotopic (exact) mass is 472 g/mol. The van der Waals surface area contributed by atoms with Gasteiger partial charge < -0.3 is 18.9 Å². The first-order valence-electron chi connectivity index (χ1n) is 11.1. The van der Waals surface area contributed by atoms with Crippen molar-refractivity contribution in [1.29, 1.82) is 0 Å². The molecule has 0 aliphatic heterocycles. The van der Waals surface area contributed by atoms with E-state index >= 15 is 0 Å². The molecule has 0 saturated heterocycles. The zero-order valence-corrected chi connectivity index (χ0v) is 20.3. The van der Waals surface area contributed by atoms with Crippen LogP contribution in [0.4, 0.5) is 0 Å². The minimum Gasteiger partial charge on any atom is -0.455 e. The third-order valence-electron chi connectivity index (χ3n) is 6.50. The van der Waals surface area contributed by atoms with Gasteiger partial charge in [-0.15, -0.1) is 0 Å². The van der Waals surface area contributed by atoms with E-state index < -0.39 is 46.3 Å². The molecule has 4 saturated carbocycles. The summed E-state index contributed by atoms with van der Waals surface area (Å²) in [5.74, 6) is -2.53. The Morgan fingerprint density at radius 3 is 0.706 bits per heavy atom. The van der Waals surface area contributed by atoms with Crippen molar-refractivity contribution in [1.82, 2.24) is 0 Å². The van der Waals surface area contributed by atoms with Gasteiger partial charge in [-0.2, -0.15) is 0 Å². The molecular formula is C26H32O8. The Balaban J connectivity index is 2.15. The minimum atomic E-state index is -1.22. The number of rotatable bonds is 8. The smallest absolute Gasteiger partial charge is 0.333 e. The lowest BCUT2D eigenvalue weighted by Crippen LogP contribution is -2.75. The number of carbonyl (C=O) groups excluding carboxylic acids is 4. The van der Waals surface area contributed by atoms with Crippen LogP contribution in [-0.2, 0) is 38.1 Å². The van der Waals surface area contributed by atoms with E-state index in [-0.39, 0.29) is 60.8 Å². The number of ether oxygens (including phenoxy) is 4. The van der Waals surface area contributed by atoms with Crippen molar-refractivity contribution < 1.29 is 38.1 Å². The van der Waals surface area contributed by atoms with Gasteiger partial charge in [-0.05, 0) is 27.7 Å². The van der Waals surface area contributed by atoms with Gasteiger partial charge in [0.2, 0.25) is 0 Å². The first kappa shape index (κ1) is 25.5. The van der Waals surface area contributed by atoms with Crippen LogP contribution in [0.2, 0.25) is 0 Å². The lowest BCUT2D eigenvalue weighted by Gasteiger charge is -2.66. The maximum absolute atomic E-state index is 12.6. The highest BCUT2D eigenvalue weighted by Gasteiger charge is 2.74. The highest BCUT2D eigenvalue weighted by Crippen LogP contribution is 2.65. The van der Waals surface area contributed by atoms with E-state index in [2.05, 4.69) is 26.3 Å². The fraction of sp³-hybridized carbons (Fsp3) is 0.538. The summed E-state index contributed by atoms with van der Waals surface area (Å²) in [5.41, 5.74) is -4.13. The molecule has 0 atom stereocenters. The van der Waals surface area contributed by atoms with Crippen LogP contribution in [-0.4, -0.2) is 46.3 Å². The predicted octanol–water partition coefficient (Wildman–Crippen LogP) is 3.80. The second-order valence-corrected chi connectivity index (χ2v) is 10.5. The van der Waals surface area contributed by atoms with E-state index in [0.717, 1.165) is 0 Å². The summed E-state index contributed by atoms with van der Waals surface area (Å²) in [5, 5.41) is 0. The fourth-order valence-electron chi connectivity index (χ4n) is 5.84. The molecule has 34 heavy (non-hydrogen) atoms. The molecule has 184 valence electrons. The van der Waals surface area contributed by atoms with Gasteiger partial charge in [0, 0.05) is 60.8 Å². The van der Waals surface area contributed by atoms with Crippen LogP contribution < -0.4 is 0 Å². The Morgan fingerprint density at radius 1 is 0.441 bits per heavy atom. The molecular weight excluding hydrogens is 440 g/mol. The van der Waals surface area contributed by atoms with E-state index in [1.807, 2.05) is 0 Å². The van der Waals surface area contributed by atoms with Gasteiger partial charge in [-0.1, -0.05) is 26.3 Å². The Labute approximate surface area is 199 Å². The average Bonchev–Trinajstić information content (AvgIpc) is 2.64. The second-order valence-electron chi connectivity index (χ2n) is 10.5. The maximum atomic E-state index is 12.6.